The molecule has 0 saturated heterocycles. The highest BCUT2D eigenvalue weighted by molar-refractivity contribution is 6.12. The normalized spacial score (nSPS) is 12.4. The van der Waals surface area contributed by atoms with Crippen molar-refractivity contribution >= 4 is 68.5 Å². The van der Waals surface area contributed by atoms with Crippen LogP contribution in [-0.2, 0) is 9.59 Å². The van der Waals surface area contributed by atoms with Gasteiger partial charge in [0, 0.05) is 57.1 Å². The first-order valence-corrected chi connectivity index (χ1v) is 39.4. The minimum absolute atomic E-state index is 0.149. The molecule has 15 rings (SSSR count). The molecule has 0 spiro atoms. The smallest absolute Gasteiger partial charge is 0.227 e. The number of aliphatic hydroxyl groups is 2. The SMILES string of the molecule is CCCCC(CC)C(=O)Nc1cc(N(c2ccc(-c3ccccc3-c3ccccc3)cc2)c2ccc(-c3ccccc3-c3ccccc3)cc2)ccc1C1=C(O)C(c2ccc(N(c3ccc(-c4ccccc4-c4ccccc4)cc3)c3ccc(-c4ccccc4-c4ccccc4)cc3)cc2NC(=O)C(CC)CCCC)=C1O. The standard InChI is InChI=1S/C104H92N4O4/c1-5-9-31-71(7-3)103(111)105-97-69-85(107(81-57-49-77(50-58-81)91-45-27-23-41-87(91)73-33-15-11-16-34-73)82-59-51-78(52-60-82)92-46-28-24-42-88(92)74-35-17-12-18-36-74)65-67-95(97)99-101(109)100(102(99)110)96-68-66-86(70-98(96)106-104(112)72(8-4)32-10-6-2)108(83-61-53-79(54-62-83)93-47-29-25-43-89(93)75-37-19-13-20-38-75)84-63-55-80(56-64-84)94-48-30-26-44-90(94)76-39-21-14-22-40-76/h11-30,33-72,109-110H,5-10,31-32H2,1-4H3,(H,105,111)(H,106,112). The number of allylic oxidation sites excluding steroid dienone is 2. The van der Waals surface area contributed by atoms with Gasteiger partial charge in [-0.25, -0.2) is 0 Å². The summed E-state index contributed by atoms with van der Waals surface area (Å²) in [6, 6.07) is 122. The highest BCUT2D eigenvalue weighted by Gasteiger charge is 2.36. The van der Waals surface area contributed by atoms with Gasteiger partial charge in [-0.3, -0.25) is 9.59 Å². The third kappa shape index (κ3) is 15.8. The summed E-state index contributed by atoms with van der Waals surface area (Å²) >= 11 is 0. The van der Waals surface area contributed by atoms with Crippen LogP contribution in [0.4, 0.5) is 45.5 Å². The second-order valence-corrected chi connectivity index (χ2v) is 28.9. The van der Waals surface area contributed by atoms with Gasteiger partial charge in [-0.05, 0) is 200 Å². The molecule has 0 bridgehead atoms. The number of carbonyl (C=O) groups is 2. The molecule has 1 aliphatic rings. The van der Waals surface area contributed by atoms with Gasteiger partial charge < -0.3 is 30.6 Å². The summed E-state index contributed by atoms with van der Waals surface area (Å²) in [6.45, 7) is 8.36. The number of aliphatic hydroxyl groups excluding tert-OH is 2. The molecule has 2 amide bonds. The number of hydrogen-bond acceptors (Lipinski definition) is 6. The molecule has 8 heteroatoms. The first-order valence-electron chi connectivity index (χ1n) is 39.4. The first-order chi connectivity index (χ1) is 55.1. The van der Waals surface area contributed by atoms with Crippen LogP contribution in [0.2, 0.25) is 0 Å². The third-order valence-corrected chi connectivity index (χ3v) is 21.9. The second-order valence-electron chi connectivity index (χ2n) is 28.9. The lowest BCUT2D eigenvalue weighted by Crippen LogP contribution is -2.24. The zero-order chi connectivity index (χ0) is 76.9. The van der Waals surface area contributed by atoms with Crippen LogP contribution in [0.1, 0.15) is 90.2 Å². The van der Waals surface area contributed by atoms with Crippen molar-refractivity contribution in [2.75, 3.05) is 20.4 Å². The molecule has 0 aromatic heterocycles. The summed E-state index contributed by atoms with van der Waals surface area (Å²) in [6.07, 6.45) is 6.27. The average molecular weight is 1460 g/mol. The fraction of sp³-hybridized carbons (Fsp3) is 0.135. The number of nitrogens with zero attached hydrogens (tertiary/aromatic N) is 2. The number of hydrogen-bond donors (Lipinski definition) is 4. The Morgan fingerprint density at radius 1 is 0.268 bits per heavy atom. The summed E-state index contributed by atoms with van der Waals surface area (Å²) in [7, 11) is 0. The summed E-state index contributed by atoms with van der Waals surface area (Å²) < 4.78 is 0. The van der Waals surface area contributed by atoms with Crippen molar-refractivity contribution in [1.29, 1.82) is 0 Å². The number of carbonyl (C=O) groups excluding carboxylic acids is 2. The average Bonchev–Trinajstić information content (AvgIpc) is 0.728. The number of amides is 2. The maximum absolute atomic E-state index is 15.0. The quantitative estimate of drug-likeness (QED) is 0.0389. The summed E-state index contributed by atoms with van der Waals surface area (Å²) in [5.41, 5.74) is 24.7. The zero-order valence-electron chi connectivity index (χ0n) is 63.9. The van der Waals surface area contributed by atoms with Crippen LogP contribution in [-0.4, -0.2) is 22.0 Å². The van der Waals surface area contributed by atoms with Crippen LogP contribution in [0.15, 0.2) is 363 Å². The molecule has 2 unspecified atom stereocenters. The van der Waals surface area contributed by atoms with E-state index in [4.69, 9.17) is 0 Å². The Morgan fingerprint density at radius 2 is 0.482 bits per heavy atom. The van der Waals surface area contributed by atoms with Gasteiger partial charge in [0.15, 0.2) is 0 Å². The van der Waals surface area contributed by atoms with Gasteiger partial charge in [0.25, 0.3) is 0 Å². The van der Waals surface area contributed by atoms with E-state index in [2.05, 4.69) is 325 Å². The van der Waals surface area contributed by atoms with E-state index in [1.807, 2.05) is 74.5 Å². The van der Waals surface area contributed by atoms with Crippen LogP contribution in [0, 0.1) is 11.8 Å². The Labute approximate surface area is 659 Å². The van der Waals surface area contributed by atoms with Gasteiger partial charge in [-0.15, -0.1) is 0 Å². The number of anilines is 8. The monoisotopic (exact) mass is 1460 g/mol. The molecule has 0 fully saturated rings. The lowest BCUT2D eigenvalue weighted by atomic mass is 9.82. The minimum Gasteiger partial charge on any atom is -0.506 e. The van der Waals surface area contributed by atoms with Gasteiger partial charge in [-0.1, -0.05) is 320 Å². The van der Waals surface area contributed by atoms with E-state index >= 15 is 0 Å². The van der Waals surface area contributed by atoms with E-state index in [1.54, 1.807) is 0 Å². The summed E-state index contributed by atoms with van der Waals surface area (Å²) in [4.78, 5) is 34.3. The number of rotatable bonds is 28. The minimum atomic E-state index is -0.300. The number of unbranched alkanes of at least 4 members (excludes halogenated alkanes) is 2. The highest BCUT2D eigenvalue weighted by Crippen LogP contribution is 2.52. The van der Waals surface area contributed by atoms with Gasteiger partial charge in [0.1, 0.15) is 11.5 Å². The predicted molar refractivity (Wildman–Crippen MR) is 469 cm³/mol. The van der Waals surface area contributed by atoms with E-state index in [-0.39, 0.29) is 46.3 Å². The third-order valence-electron chi connectivity index (χ3n) is 21.9. The molecule has 2 atom stereocenters. The fourth-order valence-electron chi connectivity index (χ4n) is 15.8. The Kier molecular flexibility index (Phi) is 22.9. The Morgan fingerprint density at radius 3 is 0.705 bits per heavy atom. The van der Waals surface area contributed by atoms with Crippen molar-refractivity contribution in [2.24, 2.45) is 11.8 Å². The molecule has 552 valence electrons. The van der Waals surface area contributed by atoms with E-state index < -0.39 is 0 Å². The maximum atomic E-state index is 15.0. The molecule has 0 heterocycles. The zero-order valence-corrected chi connectivity index (χ0v) is 63.9. The van der Waals surface area contributed by atoms with Crippen LogP contribution < -0.4 is 20.4 Å². The molecule has 1 aliphatic carbocycles. The van der Waals surface area contributed by atoms with Crippen molar-refractivity contribution in [3.05, 3.63) is 374 Å². The molecular formula is C104H92N4O4. The lowest BCUT2D eigenvalue weighted by molar-refractivity contribution is -0.121. The van der Waals surface area contributed by atoms with E-state index in [9.17, 15) is 19.8 Å². The molecule has 14 aromatic carbocycles. The van der Waals surface area contributed by atoms with E-state index in [0.29, 0.717) is 48.2 Å². The van der Waals surface area contributed by atoms with Gasteiger partial charge in [0.05, 0.1) is 22.5 Å². The van der Waals surface area contributed by atoms with Gasteiger partial charge in [0.2, 0.25) is 11.8 Å². The molecular weight excluding hydrogens is 1370 g/mol. The molecule has 14 aromatic rings. The molecule has 112 heavy (non-hydrogen) atoms. The molecule has 0 radical (unpaired) electrons. The molecule has 0 saturated carbocycles. The number of benzene rings is 14. The van der Waals surface area contributed by atoms with Crippen molar-refractivity contribution in [2.45, 2.75) is 79.1 Å². The second kappa shape index (κ2) is 34.5. The Balaban J connectivity index is 0.847. The van der Waals surface area contributed by atoms with Crippen LogP contribution in [0.5, 0.6) is 0 Å². The molecule has 4 N–H and O–H groups in total. The summed E-state index contributed by atoms with van der Waals surface area (Å²) in [5.74, 6) is -1.25. The molecule has 0 aliphatic heterocycles. The summed E-state index contributed by atoms with van der Waals surface area (Å²) in [5, 5.41) is 32.8. The Bertz CT molecular complexity index is 5060. The first kappa shape index (κ1) is 74.2. The van der Waals surface area contributed by atoms with Gasteiger partial charge in [-0.2, -0.15) is 0 Å². The fourth-order valence-corrected chi connectivity index (χ4v) is 15.8. The lowest BCUT2D eigenvalue weighted by Gasteiger charge is -2.31. The Hall–Kier alpha value is -13.3. The van der Waals surface area contributed by atoms with Crippen molar-refractivity contribution in [1.82, 2.24) is 0 Å². The van der Waals surface area contributed by atoms with Crippen molar-refractivity contribution in [3.8, 4) is 89.0 Å². The largest absolute Gasteiger partial charge is 0.506 e. The van der Waals surface area contributed by atoms with Crippen LogP contribution in [0.3, 0.4) is 0 Å². The van der Waals surface area contributed by atoms with Gasteiger partial charge >= 0.3 is 0 Å². The number of nitrogens with one attached hydrogen (secondary N) is 2. The van der Waals surface area contributed by atoms with Crippen LogP contribution >= 0.6 is 0 Å². The van der Waals surface area contributed by atoms with E-state index in [0.717, 1.165) is 149 Å². The van der Waals surface area contributed by atoms with Crippen molar-refractivity contribution < 1.29 is 19.8 Å². The topological polar surface area (TPSA) is 105 Å². The molecule has 8 nitrogen and oxygen atoms in total. The van der Waals surface area contributed by atoms with Crippen molar-refractivity contribution in [3.63, 3.8) is 0 Å². The van der Waals surface area contributed by atoms with Crippen LogP contribution in [0.25, 0.3) is 100 Å². The predicted octanol–water partition coefficient (Wildman–Crippen LogP) is 28.5. The van der Waals surface area contributed by atoms with E-state index in [1.165, 1.54) is 0 Å². The maximum Gasteiger partial charge on any atom is 0.227 e. The highest BCUT2D eigenvalue weighted by atomic mass is 16.3.